The summed E-state index contributed by atoms with van der Waals surface area (Å²) >= 11 is 1.04. The molecule has 3 rings (SSSR count). The van der Waals surface area contributed by atoms with Crippen molar-refractivity contribution in [1.29, 1.82) is 0 Å². The van der Waals surface area contributed by atoms with Crippen LogP contribution >= 0.6 is 11.5 Å². The van der Waals surface area contributed by atoms with Crippen LogP contribution in [0.15, 0.2) is 0 Å². The summed E-state index contributed by atoms with van der Waals surface area (Å²) in [6, 6.07) is -0.179. The van der Waals surface area contributed by atoms with E-state index >= 15 is 0 Å². The Hall–Kier alpha value is -1.74. The first kappa shape index (κ1) is 15.2. The molecule has 0 spiro atoms. The molecule has 2 aliphatic rings. The molecule has 3 heterocycles. The number of carbonyl (C=O) groups is 2. The largest absolute Gasteiger partial charge is 0.378 e. The summed E-state index contributed by atoms with van der Waals surface area (Å²) in [6.45, 7) is 3.64. The Morgan fingerprint density at radius 1 is 1.05 bits per heavy atom. The third-order valence-electron chi connectivity index (χ3n) is 3.85. The molecule has 1 N–H and O–H groups in total. The van der Waals surface area contributed by atoms with Gasteiger partial charge in [-0.25, -0.2) is 4.79 Å². The van der Waals surface area contributed by atoms with Crippen LogP contribution < -0.4 is 5.32 Å². The number of nitrogens with one attached hydrogen (secondary N) is 1. The second-order valence-electron chi connectivity index (χ2n) is 5.33. The highest BCUT2D eigenvalue weighted by Gasteiger charge is 2.26. The predicted molar refractivity (Wildman–Crippen MR) is 81.1 cm³/mol. The molecule has 0 aromatic carbocycles. The van der Waals surface area contributed by atoms with Gasteiger partial charge in [-0.2, -0.15) is 0 Å². The summed E-state index contributed by atoms with van der Waals surface area (Å²) in [7, 11) is 0. The van der Waals surface area contributed by atoms with E-state index in [1.54, 1.807) is 9.80 Å². The van der Waals surface area contributed by atoms with E-state index in [1.165, 1.54) is 0 Å². The molecule has 0 saturated carbocycles. The second-order valence-corrected chi connectivity index (χ2v) is 6.09. The van der Waals surface area contributed by atoms with E-state index in [4.69, 9.17) is 4.74 Å². The van der Waals surface area contributed by atoms with Crippen LogP contribution in [0.5, 0.6) is 0 Å². The average molecular weight is 325 g/mol. The minimum Gasteiger partial charge on any atom is -0.378 e. The standard InChI is InChI=1S/C13H19N5O3S/c19-12(17-6-8-21-9-7-17)10-11(22-16-15-10)14-13(20)18-4-2-1-3-5-18/h1-9H2,(H,14,20). The Morgan fingerprint density at radius 3 is 2.50 bits per heavy atom. The van der Waals surface area contributed by atoms with Gasteiger partial charge in [-0.3, -0.25) is 10.1 Å². The number of amides is 3. The van der Waals surface area contributed by atoms with Crippen LogP contribution in [0.1, 0.15) is 29.8 Å². The van der Waals surface area contributed by atoms with Crippen LogP contribution in [0.4, 0.5) is 9.80 Å². The summed E-state index contributed by atoms with van der Waals surface area (Å²) in [5.41, 5.74) is 0.220. The van der Waals surface area contributed by atoms with Crippen molar-refractivity contribution in [2.45, 2.75) is 19.3 Å². The molecule has 0 bridgehead atoms. The minimum atomic E-state index is -0.203. The third-order valence-corrected chi connectivity index (χ3v) is 4.49. The third kappa shape index (κ3) is 3.36. The predicted octanol–water partition coefficient (Wildman–Crippen LogP) is 1.03. The van der Waals surface area contributed by atoms with Crippen LogP contribution in [-0.2, 0) is 4.74 Å². The fourth-order valence-electron chi connectivity index (χ4n) is 2.60. The normalized spacial score (nSPS) is 19.1. The van der Waals surface area contributed by atoms with Crippen molar-refractivity contribution in [2.24, 2.45) is 0 Å². The van der Waals surface area contributed by atoms with Crippen LogP contribution in [0.25, 0.3) is 0 Å². The topological polar surface area (TPSA) is 87.7 Å². The van der Waals surface area contributed by atoms with Gasteiger partial charge in [0.1, 0.15) is 0 Å². The fraction of sp³-hybridized carbons (Fsp3) is 0.692. The van der Waals surface area contributed by atoms with Crippen molar-refractivity contribution < 1.29 is 14.3 Å². The van der Waals surface area contributed by atoms with Gasteiger partial charge in [0, 0.05) is 37.7 Å². The Kier molecular flexibility index (Phi) is 4.84. The zero-order chi connectivity index (χ0) is 15.4. The number of aromatic nitrogens is 2. The lowest BCUT2D eigenvalue weighted by Gasteiger charge is -2.27. The van der Waals surface area contributed by atoms with Gasteiger partial charge in [-0.1, -0.05) is 4.49 Å². The number of anilines is 1. The van der Waals surface area contributed by atoms with E-state index in [1.807, 2.05) is 0 Å². The first-order valence-corrected chi connectivity index (χ1v) is 8.28. The molecule has 3 amide bonds. The lowest BCUT2D eigenvalue weighted by molar-refractivity contribution is 0.0299. The van der Waals surface area contributed by atoms with E-state index in [-0.39, 0.29) is 17.6 Å². The zero-order valence-corrected chi connectivity index (χ0v) is 13.1. The van der Waals surface area contributed by atoms with Crippen LogP contribution in [0, 0.1) is 0 Å². The van der Waals surface area contributed by atoms with E-state index in [9.17, 15) is 9.59 Å². The van der Waals surface area contributed by atoms with Crippen molar-refractivity contribution in [1.82, 2.24) is 19.4 Å². The van der Waals surface area contributed by atoms with Gasteiger partial charge in [0.15, 0.2) is 10.7 Å². The van der Waals surface area contributed by atoms with Gasteiger partial charge in [0.2, 0.25) is 0 Å². The maximum atomic E-state index is 12.4. The fourth-order valence-corrected chi connectivity index (χ4v) is 3.15. The number of hydrogen-bond acceptors (Lipinski definition) is 6. The molecule has 2 saturated heterocycles. The SMILES string of the molecule is O=C(Nc1snnc1C(=O)N1CCOCC1)N1CCCCC1. The van der Waals surface area contributed by atoms with E-state index < -0.39 is 0 Å². The Balaban J connectivity index is 1.66. The molecule has 1 aromatic rings. The van der Waals surface area contributed by atoms with Crippen LogP contribution in [0.2, 0.25) is 0 Å². The number of urea groups is 1. The number of hydrogen-bond donors (Lipinski definition) is 1. The van der Waals surface area contributed by atoms with E-state index in [0.29, 0.717) is 31.3 Å². The molecule has 0 radical (unpaired) electrons. The van der Waals surface area contributed by atoms with Crippen molar-refractivity contribution in [2.75, 3.05) is 44.7 Å². The smallest absolute Gasteiger partial charge is 0.322 e. The number of likely N-dealkylation sites (tertiary alicyclic amines) is 1. The van der Waals surface area contributed by atoms with Crippen molar-refractivity contribution in [3.8, 4) is 0 Å². The highest BCUT2D eigenvalue weighted by Crippen LogP contribution is 2.21. The van der Waals surface area contributed by atoms with Gasteiger partial charge in [0.25, 0.3) is 5.91 Å². The van der Waals surface area contributed by atoms with E-state index in [0.717, 1.165) is 43.9 Å². The summed E-state index contributed by atoms with van der Waals surface area (Å²) in [4.78, 5) is 28.1. The highest BCUT2D eigenvalue weighted by atomic mass is 32.1. The highest BCUT2D eigenvalue weighted by molar-refractivity contribution is 7.10. The van der Waals surface area contributed by atoms with Crippen molar-refractivity contribution >= 4 is 28.5 Å². The lowest BCUT2D eigenvalue weighted by atomic mass is 10.1. The summed E-state index contributed by atoms with van der Waals surface area (Å²) < 4.78 is 9.05. The number of nitrogens with zero attached hydrogens (tertiary/aromatic N) is 4. The van der Waals surface area contributed by atoms with E-state index in [2.05, 4.69) is 14.9 Å². The van der Waals surface area contributed by atoms with Gasteiger partial charge < -0.3 is 14.5 Å². The van der Waals surface area contributed by atoms with Gasteiger partial charge >= 0.3 is 6.03 Å². The number of rotatable bonds is 2. The monoisotopic (exact) mass is 325 g/mol. The number of carbonyl (C=O) groups excluding carboxylic acids is 2. The van der Waals surface area contributed by atoms with Gasteiger partial charge in [0.05, 0.1) is 13.2 Å². The molecule has 0 atom stereocenters. The van der Waals surface area contributed by atoms with Crippen LogP contribution in [0.3, 0.4) is 0 Å². The summed E-state index contributed by atoms with van der Waals surface area (Å²) in [5.74, 6) is -0.203. The number of morpholine rings is 1. The Labute approximate surface area is 132 Å². The second kappa shape index (κ2) is 7.01. The molecule has 2 aliphatic heterocycles. The molecule has 0 aliphatic carbocycles. The maximum absolute atomic E-state index is 12.4. The Morgan fingerprint density at radius 2 is 1.77 bits per heavy atom. The minimum absolute atomic E-state index is 0.179. The van der Waals surface area contributed by atoms with Crippen molar-refractivity contribution in [3.05, 3.63) is 5.69 Å². The van der Waals surface area contributed by atoms with Gasteiger partial charge in [-0.05, 0) is 19.3 Å². The Bertz CT molecular complexity index is 538. The molecule has 1 aromatic heterocycles. The average Bonchev–Trinajstić information content (AvgIpc) is 3.04. The quantitative estimate of drug-likeness (QED) is 0.877. The molecule has 120 valence electrons. The first-order valence-electron chi connectivity index (χ1n) is 7.51. The van der Waals surface area contributed by atoms with Crippen LogP contribution in [-0.4, -0.2) is 70.7 Å². The molecule has 2 fully saturated rings. The molecule has 9 heteroatoms. The first-order chi connectivity index (χ1) is 10.8. The zero-order valence-electron chi connectivity index (χ0n) is 12.3. The molecule has 0 unspecified atom stereocenters. The lowest BCUT2D eigenvalue weighted by Crippen LogP contribution is -2.42. The molecular formula is C13H19N5O3S. The molecule has 8 nitrogen and oxygen atoms in total. The van der Waals surface area contributed by atoms with Crippen molar-refractivity contribution in [3.63, 3.8) is 0 Å². The molecular weight excluding hydrogens is 306 g/mol. The number of ether oxygens (including phenoxy) is 1. The summed E-state index contributed by atoms with van der Waals surface area (Å²) in [6.07, 6.45) is 3.20. The van der Waals surface area contributed by atoms with Gasteiger partial charge in [-0.15, -0.1) is 5.10 Å². The summed E-state index contributed by atoms with van der Waals surface area (Å²) in [5, 5.41) is 7.10. The molecule has 22 heavy (non-hydrogen) atoms. The maximum Gasteiger partial charge on any atom is 0.322 e. The number of piperidine rings is 1.